The standard InChI is InChI=1S/C15H12ClNO/c16-15(13-9-5-2-6-10-13)14(11-17-18)12-7-3-1-4-8-12/h1-11,18H. The van der Waals surface area contributed by atoms with Crippen LogP contribution < -0.4 is 0 Å². The fraction of sp³-hybridized carbons (Fsp3) is 0. The number of hydrogen-bond donors (Lipinski definition) is 1. The van der Waals surface area contributed by atoms with Crippen LogP contribution in [0.4, 0.5) is 0 Å². The highest BCUT2D eigenvalue weighted by Crippen LogP contribution is 2.28. The molecule has 1 N–H and O–H groups in total. The van der Waals surface area contributed by atoms with Gasteiger partial charge in [-0.05, 0) is 11.1 Å². The van der Waals surface area contributed by atoms with Gasteiger partial charge in [-0.15, -0.1) is 0 Å². The minimum absolute atomic E-state index is 0.555. The average Bonchev–Trinajstić information content (AvgIpc) is 2.46. The number of nitrogens with zero attached hydrogens (tertiary/aromatic N) is 1. The molecule has 0 saturated heterocycles. The molecule has 0 radical (unpaired) electrons. The maximum Gasteiger partial charge on any atom is 0.0755 e. The second-order valence-corrected chi connectivity index (χ2v) is 4.08. The van der Waals surface area contributed by atoms with Gasteiger partial charge in [0.15, 0.2) is 0 Å². The summed E-state index contributed by atoms with van der Waals surface area (Å²) < 4.78 is 0. The zero-order valence-corrected chi connectivity index (χ0v) is 10.4. The second-order valence-electron chi connectivity index (χ2n) is 3.70. The Morgan fingerprint density at radius 2 is 1.39 bits per heavy atom. The van der Waals surface area contributed by atoms with E-state index in [9.17, 15) is 0 Å². The molecule has 2 nitrogen and oxygen atoms in total. The van der Waals surface area contributed by atoms with Crippen LogP contribution in [-0.2, 0) is 0 Å². The molecule has 0 aliphatic heterocycles. The molecular formula is C15H12ClNO. The Bertz CT molecular complexity index is 562. The van der Waals surface area contributed by atoms with Crippen molar-refractivity contribution < 1.29 is 5.21 Å². The third-order valence-corrected chi connectivity index (χ3v) is 2.96. The van der Waals surface area contributed by atoms with Gasteiger partial charge in [0.1, 0.15) is 0 Å². The van der Waals surface area contributed by atoms with Gasteiger partial charge in [0.05, 0.1) is 11.2 Å². The molecule has 3 heteroatoms. The number of oxime groups is 1. The van der Waals surface area contributed by atoms with Crippen LogP contribution in [0.5, 0.6) is 0 Å². The van der Waals surface area contributed by atoms with Gasteiger partial charge in [-0.3, -0.25) is 0 Å². The minimum Gasteiger partial charge on any atom is -0.411 e. The Morgan fingerprint density at radius 3 is 1.89 bits per heavy atom. The first-order valence-electron chi connectivity index (χ1n) is 5.51. The van der Waals surface area contributed by atoms with Crippen molar-refractivity contribution in [1.29, 1.82) is 0 Å². The Kier molecular flexibility index (Phi) is 4.15. The van der Waals surface area contributed by atoms with E-state index in [4.69, 9.17) is 16.8 Å². The van der Waals surface area contributed by atoms with E-state index in [1.54, 1.807) is 0 Å². The maximum absolute atomic E-state index is 8.77. The quantitative estimate of drug-likeness (QED) is 0.379. The van der Waals surface area contributed by atoms with E-state index >= 15 is 0 Å². The summed E-state index contributed by atoms with van der Waals surface area (Å²) in [5.41, 5.74) is 2.48. The predicted octanol–water partition coefficient (Wildman–Crippen LogP) is 4.25. The highest BCUT2D eigenvalue weighted by Gasteiger charge is 2.07. The van der Waals surface area contributed by atoms with Crippen LogP contribution in [0.25, 0.3) is 10.6 Å². The summed E-state index contributed by atoms with van der Waals surface area (Å²) in [6, 6.07) is 19.2. The van der Waals surface area contributed by atoms with Gasteiger partial charge in [0, 0.05) is 5.57 Å². The molecule has 2 rings (SSSR count). The number of allylic oxidation sites excluding steroid dienone is 1. The van der Waals surface area contributed by atoms with E-state index in [0.29, 0.717) is 10.6 Å². The Labute approximate surface area is 111 Å². The van der Waals surface area contributed by atoms with Crippen LogP contribution in [0.1, 0.15) is 11.1 Å². The highest BCUT2D eigenvalue weighted by molar-refractivity contribution is 6.56. The molecule has 0 unspecified atom stereocenters. The molecule has 0 aromatic heterocycles. The summed E-state index contributed by atoms with van der Waals surface area (Å²) >= 11 is 6.36. The summed E-state index contributed by atoms with van der Waals surface area (Å²) in [5.74, 6) is 0. The SMILES string of the molecule is ON=CC(=C(Cl)c1ccccc1)c1ccccc1. The topological polar surface area (TPSA) is 32.6 Å². The van der Waals surface area contributed by atoms with Gasteiger partial charge in [-0.2, -0.15) is 0 Å². The molecule has 0 atom stereocenters. The average molecular weight is 258 g/mol. The third-order valence-electron chi connectivity index (χ3n) is 2.54. The molecular weight excluding hydrogens is 246 g/mol. The normalized spacial score (nSPS) is 12.5. The van der Waals surface area contributed by atoms with Crippen LogP contribution in [0.3, 0.4) is 0 Å². The largest absolute Gasteiger partial charge is 0.411 e. The van der Waals surface area contributed by atoms with E-state index in [2.05, 4.69) is 5.16 Å². The van der Waals surface area contributed by atoms with Gasteiger partial charge in [0.2, 0.25) is 0 Å². The molecule has 0 heterocycles. The molecule has 90 valence electrons. The molecule has 0 amide bonds. The van der Waals surface area contributed by atoms with Crippen molar-refractivity contribution in [1.82, 2.24) is 0 Å². The molecule has 0 bridgehead atoms. The molecule has 18 heavy (non-hydrogen) atoms. The van der Waals surface area contributed by atoms with Gasteiger partial charge >= 0.3 is 0 Å². The lowest BCUT2D eigenvalue weighted by Gasteiger charge is -2.06. The van der Waals surface area contributed by atoms with Crippen molar-refractivity contribution >= 4 is 28.4 Å². The zero-order chi connectivity index (χ0) is 12.8. The van der Waals surface area contributed by atoms with E-state index in [-0.39, 0.29) is 0 Å². The van der Waals surface area contributed by atoms with Gasteiger partial charge in [-0.1, -0.05) is 77.4 Å². The van der Waals surface area contributed by atoms with Crippen molar-refractivity contribution in [2.45, 2.75) is 0 Å². The smallest absolute Gasteiger partial charge is 0.0755 e. The van der Waals surface area contributed by atoms with Gasteiger partial charge in [-0.25, -0.2) is 0 Å². The molecule has 0 fully saturated rings. The third kappa shape index (κ3) is 2.79. The summed E-state index contributed by atoms with van der Waals surface area (Å²) in [4.78, 5) is 0. The lowest BCUT2D eigenvalue weighted by atomic mass is 10.0. The second kappa shape index (κ2) is 6.03. The van der Waals surface area contributed by atoms with Crippen LogP contribution in [0.15, 0.2) is 65.8 Å². The fourth-order valence-electron chi connectivity index (χ4n) is 1.67. The maximum atomic E-state index is 8.77. The summed E-state index contributed by atoms with van der Waals surface area (Å²) in [5, 5.41) is 12.4. The molecule has 0 saturated carbocycles. The monoisotopic (exact) mass is 257 g/mol. The van der Waals surface area contributed by atoms with Crippen molar-refractivity contribution in [3.63, 3.8) is 0 Å². The van der Waals surface area contributed by atoms with Crippen LogP contribution >= 0.6 is 11.6 Å². The molecule has 2 aromatic rings. The van der Waals surface area contributed by atoms with Crippen molar-refractivity contribution in [2.75, 3.05) is 0 Å². The van der Waals surface area contributed by atoms with Crippen molar-refractivity contribution in [3.05, 3.63) is 71.8 Å². The molecule has 0 aliphatic rings. The van der Waals surface area contributed by atoms with Crippen LogP contribution in [0, 0.1) is 0 Å². The number of hydrogen-bond acceptors (Lipinski definition) is 2. The van der Waals surface area contributed by atoms with Crippen molar-refractivity contribution in [2.24, 2.45) is 5.16 Å². The van der Waals surface area contributed by atoms with E-state index < -0.39 is 0 Å². The first kappa shape index (κ1) is 12.4. The first-order chi connectivity index (χ1) is 8.83. The van der Waals surface area contributed by atoms with Crippen molar-refractivity contribution in [3.8, 4) is 0 Å². The number of benzene rings is 2. The summed E-state index contributed by atoms with van der Waals surface area (Å²) in [6.45, 7) is 0. The van der Waals surface area contributed by atoms with E-state index in [1.165, 1.54) is 6.21 Å². The number of halogens is 1. The lowest BCUT2D eigenvalue weighted by molar-refractivity contribution is 0.322. The zero-order valence-electron chi connectivity index (χ0n) is 9.62. The van der Waals surface area contributed by atoms with Crippen LogP contribution in [-0.4, -0.2) is 11.4 Å². The summed E-state index contributed by atoms with van der Waals surface area (Å²) in [6.07, 6.45) is 1.35. The molecule has 2 aromatic carbocycles. The predicted molar refractivity (Wildman–Crippen MR) is 75.8 cm³/mol. The lowest BCUT2D eigenvalue weighted by Crippen LogP contribution is -1.90. The van der Waals surface area contributed by atoms with Gasteiger partial charge in [0.25, 0.3) is 0 Å². The summed E-state index contributed by atoms with van der Waals surface area (Å²) in [7, 11) is 0. The highest BCUT2D eigenvalue weighted by atomic mass is 35.5. The fourth-order valence-corrected chi connectivity index (χ4v) is 1.96. The minimum atomic E-state index is 0.555. The number of rotatable bonds is 3. The van der Waals surface area contributed by atoms with E-state index in [1.807, 2.05) is 60.7 Å². The van der Waals surface area contributed by atoms with Gasteiger partial charge < -0.3 is 5.21 Å². The molecule has 0 aliphatic carbocycles. The Balaban J connectivity index is 2.54. The molecule has 0 spiro atoms. The van der Waals surface area contributed by atoms with E-state index in [0.717, 1.165) is 11.1 Å². The Morgan fingerprint density at radius 1 is 0.889 bits per heavy atom. The first-order valence-corrected chi connectivity index (χ1v) is 5.89. The van der Waals surface area contributed by atoms with Crippen LogP contribution in [0.2, 0.25) is 0 Å². The Hall–Kier alpha value is -2.06.